The monoisotopic (exact) mass is 714 g/mol. The highest BCUT2D eigenvalue weighted by Crippen LogP contribution is 2.51. The van der Waals surface area contributed by atoms with Gasteiger partial charge in [0.1, 0.15) is 31.0 Å². The molecule has 0 aliphatic carbocycles. The smallest absolute Gasteiger partial charge is 0.325 e. The molecule has 6 N–H and O–H groups in total. The maximum atomic E-state index is 15.7. The van der Waals surface area contributed by atoms with E-state index in [4.69, 9.17) is 41.6 Å². The van der Waals surface area contributed by atoms with Crippen LogP contribution in [0.3, 0.4) is 0 Å². The topological polar surface area (TPSA) is 243 Å². The van der Waals surface area contributed by atoms with Crippen molar-refractivity contribution in [3.05, 3.63) is 28.8 Å². The van der Waals surface area contributed by atoms with Crippen LogP contribution in [0, 0.1) is 0 Å². The fourth-order valence-corrected chi connectivity index (χ4v) is 6.23. The number of ether oxygens (including phenoxy) is 2. The Kier molecular flexibility index (Phi) is 9.92. The number of imidazole rings is 2. The highest BCUT2D eigenvalue weighted by molar-refractivity contribution is 8.36. The molecule has 4 aromatic rings. The predicted molar refractivity (Wildman–Crippen MR) is 157 cm³/mol. The van der Waals surface area contributed by atoms with Gasteiger partial charge in [0, 0.05) is 0 Å². The molecule has 4 aromatic heterocycles. The molecule has 1 saturated heterocycles. The first kappa shape index (κ1) is 33.4. The van der Waals surface area contributed by atoms with E-state index in [1.807, 2.05) is 0 Å². The Morgan fingerprint density at radius 3 is 2.78 bits per heavy atom. The number of hydrogen-bond donors (Lipinski definition) is 5. The number of alkyl halides is 3. The van der Waals surface area contributed by atoms with Gasteiger partial charge >= 0.3 is 6.72 Å². The van der Waals surface area contributed by atoms with Gasteiger partial charge < -0.3 is 39.4 Å². The third kappa shape index (κ3) is 7.21. The second-order valence-corrected chi connectivity index (χ2v) is 13.1. The normalized spacial score (nSPS) is 22.1. The van der Waals surface area contributed by atoms with Gasteiger partial charge in [-0.25, -0.2) is 33.1 Å². The molecule has 25 heteroatoms. The standard InChI is InChI=1S/C20H23F3N10O8P2S2/c21-10-8(1-38-42-44)40-18(33-6-28-12-16(33)30-19(25)31-17(12)35)13(10)41-43(36,45)39-2-9-29-11-14(24)26-5-27-15(11)32(9)3-20(22,23)4-37-7-34/h5-8,10,13,18,42,44H,1-4H2,(H,36,45)(H2,24,26,27)(H3,25,30,31,35)/t8-,10-,13-,18-,43?/m1/s1. The Balaban J connectivity index is 1.42. The summed E-state index contributed by atoms with van der Waals surface area (Å²) in [6, 6.07) is 0. The highest BCUT2D eigenvalue weighted by Gasteiger charge is 2.50. The van der Waals surface area contributed by atoms with Crippen LogP contribution in [0.2, 0.25) is 0 Å². The summed E-state index contributed by atoms with van der Waals surface area (Å²) in [4.78, 5) is 55.9. The van der Waals surface area contributed by atoms with E-state index in [1.54, 1.807) is 0 Å². The number of nitrogens with zero attached hydrogens (tertiary/aromatic N) is 7. The molecule has 244 valence electrons. The molecule has 18 nitrogen and oxygen atoms in total. The van der Waals surface area contributed by atoms with Crippen LogP contribution in [0.5, 0.6) is 0 Å². The molecule has 0 amide bonds. The molecular weight excluding hydrogens is 691 g/mol. The zero-order valence-corrected chi connectivity index (χ0v) is 26.0. The van der Waals surface area contributed by atoms with Crippen molar-refractivity contribution >= 4 is 79.3 Å². The van der Waals surface area contributed by atoms with Crippen LogP contribution in [0.25, 0.3) is 22.3 Å². The third-order valence-electron chi connectivity index (χ3n) is 6.30. The quantitative estimate of drug-likeness (QED) is 0.0687. The first-order valence-electron chi connectivity index (χ1n) is 12.4. The van der Waals surface area contributed by atoms with E-state index in [0.29, 0.717) is 0 Å². The van der Waals surface area contributed by atoms with Crippen LogP contribution in [-0.2, 0) is 52.8 Å². The number of H-pyrrole nitrogens is 1. The molecule has 6 atom stereocenters. The molecule has 1 aliphatic rings. The summed E-state index contributed by atoms with van der Waals surface area (Å²) in [7, 11) is -0.306. The fourth-order valence-electron chi connectivity index (χ4n) is 4.45. The molecule has 5 heterocycles. The average Bonchev–Trinajstić information content (AvgIpc) is 3.64. The minimum Gasteiger partial charge on any atom is -0.461 e. The van der Waals surface area contributed by atoms with Crippen molar-refractivity contribution in [1.82, 2.24) is 39.0 Å². The lowest BCUT2D eigenvalue weighted by Gasteiger charge is -2.25. The number of aromatic amines is 1. The number of nitrogens with two attached hydrogens (primary N) is 2. The van der Waals surface area contributed by atoms with Crippen molar-refractivity contribution in [2.45, 2.75) is 43.7 Å². The van der Waals surface area contributed by atoms with Crippen molar-refractivity contribution in [2.75, 3.05) is 24.7 Å². The molecule has 0 bridgehead atoms. The molecule has 45 heavy (non-hydrogen) atoms. The van der Waals surface area contributed by atoms with Crippen molar-refractivity contribution in [3.63, 3.8) is 0 Å². The number of hydrogen-bond acceptors (Lipinski definition) is 16. The molecule has 0 radical (unpaired) electrons. The van der Waals surface area contributed by atoms with Gasteiger partial charge in [-0.15, -0.1) is 12.2 Å². The van der Waals surface area contributed by atoms with Crippen LogP contribution in [0.15, 0.2) is 17.4 Å². The summed E-state index contributed by atoms with van der Waals surface area (Å²) in [5.74, 6) is -4.24. The van der Waals surface area contributed by atoms with Crippen molar-refractivity contribution in [2.24, 2.45) is 0 Å². The zero-order valence-electron chi connectivity index (χ0n) is 22.4. The predicted octanol–water partition coefficient (Wildman–Crippen LogP) is 0.741. The lowest BCUT2D eigenvalue weighted by Crippen LogP contribution is -2.32. The van der Waals surface area contributed by atoms with E-state index >= 15 is 4.39 Å². The van der Waals surface area contributed by atoms with Crippen LogP contribution in [0.1, 0.15) is 12.1 Å². The third-order valence-corrected chi connectivity index (χ3v) is 8.53. The number of nitrogens with one attached hydrogen (secondary N) is 1. The number of halogens is 3. The number of fused-ring (bicyclic) bond motifs is 2. The second-order valence-electron chi connectivity index (χ2n) is 9.31. The number of rotatable bonds is 14. The summed E-state index contributed by atoms with van der Waals surface area (Å²) in [6.45, 7) is -7.92. The fraction of sp³-hybridized carbons (Fsp3) is 0.450. The highest BCUT2D eigenvalue weighted by atomic mass is 32.7. The van der Waals surface area contributed by atoms with Gasteiger partial charge in [0.25, 0.3) is 18.0 Å². The van der Waals surface area contributed by atoms with E-state index in [1.165, 1.54) is 4.57 Å². The Bertz CT molecular complexity index is 1820. The van der Waals surface area contributed by atoms with Gasteiger partial charge in [0.15, 0.2) is 47.2 Å². The SMILES string of the molecule is Nc1nc2c(ncn2[C@@H]2O[C@H](COPS)[C@@H](F)[C@H]2OP(O)(=S)OCc2nc3c(N)ncnc3n2CC(F)(F)COC=O)c(=O)[nH]1. The van der Waals surface area contributed by atoms with E-state index in [-0.39, 0.29) is 61.0 Å². The van der Waals surface area contributed by atoms with Crippen LogP contribution in [0.4, 0.5) is 24.9 Å². The summed E-state index contributed by atoms with van der Waals surface area (Å²) < 4.78 is 73.2. The number of nitrogen functional groups attached to an aromatic ring is 2. The number of carbonyl (C=O) groups is 1. The minimum atomic E-state index is -4.43. The van der Waals surface area contributed by atoms with E-state index in [2.05, 4.69) is 46.9 Å². The van der Waals surface area contributed by atoms with Gasteiger partial charge in [-0.1, -0.05) is 0 Å². The van der Waals surface area contributed by atoms with Crippen LogP contribution in [-0.4, -0.2) is 87.9 Å². The van der Waals surface area contributed by atoms with Crippen LogP contribution >= 0.6 is 27.0 Å². The molecule has 2 unspecified atom stereocenters. The summed E-state index contributed by atoms with van der Waals surface area (Å²) >= 11 is 9.10. The number of carbonyl (C=O) groups excluding carboxylic acids is 1. The molecule has 0 aromatic carbocycles. The molecule has 5 rings (SSSR count). The Hall–Kier alpha value is -3.01. The van der Waals surface area contributed by atoms with Crippen molar-refractivity contribution in [3.8, 4) is 0 Å². The van der Waals surface area contributed by atoms with Crippen molar-refractivity contribution in [1.29, 1.82) is 0 Å². The largest absolute Gasteiger partial charge is 0.461 e. The number of anilines is 2. The van der Waals surface area contributed by atoms with Gasteiger partial charge in [0.2, 0.25) is 5.95 Å². The summed E-state index contributed by atoms with van der Waals surface area (Å²) in [6.07, 6.45) is -4.18. The lowest BCUT2D eigenvalue weighted by atomic mass is 10.1. The Labute approximate surface area is 261 Å². The maximum Gasteiger partial charge on any atom is 0.325 e. The molecule has 1 fully saturated rings. The summed E-state index contributed by atoms with van der Waals surface area (Å²) in [5, 5.41) is 0. The van der Waals surface area contributed by atoms with Crippen molar-refractivity contribution < 1.29 is 45.9 Å². The first-order chi connectivity index (χ1) is 21.3. The maximum absolute atomic E-state index is 15.7. The minimum absolute atomic E-state index is 0.0649. The van der Waals surface area contributed by atoms with Gasteiger partial charge in [-0.2, -0.15) is 4.98 Å². The molecular formula is C20H23F3N10O8P2S2. The van der Waals surface area contributed by atoms with E-state index in [0.717, 1.165) is 17.2 Å². The van der Waals surface area contributed by atoms with Gasteiger partial charge in [-0.3, -0.25) is 23.7 Å². The average molecular weight is 715 g/mol. The number of thiol groups is 1. The van der Waals surface area contributed by atoms with Crippen LogP contribution < -0.4 is 17.0 Å². The number of aromatic nitrogens is 8. The molecule has 0 spiro atoms. The summed E-state index contributed by atoms with van der Waals surface area (Å²) in [5.41, 5.74) is 10.4. The molecule has 1 aliphatic heterocycles. The van der Waals surface area contributed by atoms with E-state index < -0.39 is 62.6 Å². The Morgan fingerprint density at radius 2 is 2.04 bits per heavy atom. The second kappa shape index (κ2) is 13.4. The first-order valence-corrected chi connectivity index (χ1v) is 17.2. The Morgan fingerprint density at radius 1 is 1.27 bits per heavy atom. The lowest BCUT2D eigenvalue weighted by molar-refractivity contribution is -0.141. The molecule has 0 saturated carbocycles. The van der Waals surface area contributed by atoms with Gasteiger partial charge in [-0.05, 0) is 11.8 Å². The zero-order chi connectivity index (χ0) is 32.5. The van der Waals surface area contributed by atoms with E-state index in [9.17, 15) is 23.3 Å². The van der Waals surface area contributed by atoms with Gasteiger partial charge in [0.05, 0.1) is 27.5 Å².